The Balaban J connectivity index is 1.61. The SMILES string of the molecule is CCN1C[C@H](C(=O)N2CCC[C@@H]2c2nc3ccccc3n2C)CC1=O. The Hall–Kier alpha value is -2.37. The van der Waals surface area contributed by atoms with Gasteiger partial charge in [-0.3, -0.25) is 9.59 Å². The van der Waals surface area contributed by atoms with Crippen molar-refractivity contribution in [2.45, 2.75) is 32.2 Å². The number of likely N-dealkylation sites (tertiary alicyclic amines) is 2. The van der Waals surface area contributed by atoms with Gasteiger partial charge in [-0.25, -0.2) is 4.98 Å². The number of amides is 2. The van der Waals surface area contributed by atoms with E-state index in [1.54, 1.807) is 4.90 Å². The topological polar surface area (TPSA) is 58.4 Å². The standard InChI is InChI=1S/C19H24N4O2/c1-3-22-12-13(11-17(22)24)19(25)23-10-6-9-16(23)18-20-14-7-4-5-8-15(14)21(18)2/h4-5,7-8,13,16H,3,6,9-12H2,1-2H3/t13-,16-/m1/s1. The van der Waals surface area contributed by atoms with Gasteiger partial charge in [0.15, 0.2) is 0 Å². The van der Waals surface area contributed by atoms with Crippen molar-refractivity contribution in [2.75, 3.05) is 19.6 Å². The van der Waals surface area contributed by atoms with Gasteiger partial charge in [0.25, 0.3) is 0 Å². The third-order valence-electron chi connectivity index (χ3n) is 5.60. The average Bonchev–Trinajstić information content (AvgIpc) is 3.32. The normalized spacial score (nSPS) is 23.8. The summed E-state index contributed by atoms with van der Waals surface area (Å²) >= 11 is 0. The number of hydrogen-bond donors (Lipinski definition) is 0. The molecule has 3 heterocycles. The Labute approximate surface area is 147 Å². The third-order valence-corrected chi connectivity index (χ3v) is 5.60. The third kappa shape index (κ3) is 2.60. The lowest BCUT2D eigenvalue weighted by atomic mass is 10.1. The fraction of sp³-hybridized carbons (Fsp3) is 0.526. The summed E-state index contributed by atoms with van der Waals surface area (Å²) in [6.45, 7) is 3.95. The summed E-state index contributed by atoms with van der Waals surface area (Å²) in [5.41, 5.74) is 2.05. The van der Waals surface area contributed by atoms with Crippen LogP contribution in [0.1, 0.15) is 38.1 Å². The number of aromatic nitrogens is 2. The van der Waals surface area contributed by atoms with Gasteiger partial charge in [-0.1, -0.05) is 12.1 Å². The van der Waals surface area contributed by atoms with Crippen LogP contribution in [0.25, 0.3) is 11.0 Å². The summed E-state index contributed by atoms with van der Waals surface area (Å²) in [6, 6.07) is 8.07. The number of fused-ring (bicyclic) bond motifs is 1. The maximum absolute atomic E-state index is 13.1. The van der Waals surface area contributed by atoms with E-state index in [2.05, 4.69) is 10.6 Å². The molecule has 4 rings (SSSR count). The molecule has 0 N–H and O–H groups in total. The number of nitrogens with zero attached hydrogens (tertiary/aromatic N) is 4. The number of hydrogen-bond acceptors (Lipinski definition) is 3. The molecule has 1 aromatic carbocycles. The molecule has 2 amide bonds. The maximum atomic E-state index is 13.1. The van der Waals surface area contributed by atoms with Crippen LogP contribution in [0, 0.1) is 5.92 Å². The number of rotatable bonds is 3. The average molecular weight is 340 g/mol. The van der Waals surface area contributed by atoms with Crippen molar-refractivity contribution in [3.8, 4) is 0 Å². The molecular formula is C19H24N4O2. The van der Waals surface area contributed by atoms with Crippen LogP contribution in [0.4, 0.5) is 0 Å². The lowest BCUT2D eigenvalue weighted by Gasteiger charge is -2.27. The van der Waals surface area contributed by atoms with Gasteiger partial charge in [0.2, 0.25) is 11.8 Å². The van der Waals surface area contributed by atoms with E-state index in [9.17, 15) is 9.59 Å². The summed E-state index contributed by atoms with van der Waals surface area (Å²) in [4.78, 5) is 33.6. The van der Waals surface area contributed by atoms with Gasteiger partial charge in [0.1, 0.15) is 5.82 Å². The molecule has 0 unspecified atom stereocenters. The van der Waals surface area contributed by atoms with Crippen LogP contribution in [0.3, 0.4) is 0 Å². The second kappa shape index (κ2) is 6.17. The second-order valence-corrected chi connectivity index (χ2v) is 7.04. The highest BCUT2D eigenvalue weighted by atomic mass is 16.2. The molecule has 2 aliphatic rings. The molecule has 0 radical (unpaired) electrons. The summed E-state index contributed by atoms with van der Waals surface area (Å²) in [7, 11) is 2.02. The molecule has 6 nitrogen and oxygen atoms in total. The zero-order valence-corrected chi connectivity index (χ0v) is 14.8. The molecule has 0 aliphatic carbocycles. The van der Waals surface area contributed by atoms with E-state index in [4.69, 9.17) is 4.98 Å². The van der Waals surface area contributed by atoms with Crippen molar-refractivity contribution >= 4 is 22.8 Å². The van der Waals surface area contributed by atoms with Gasteiger partial charge in [-0.15, -0.1) is 0 Å². The summed E-state index contributed by atoms with van der Waals surface area (Å²) < 4.78 is 2.10. The van der Waals surface area contributed by atoms with Crippen molar-refractivity contribution in [2.24, 2.45) is 13.0 Å². The largest absolute Gasteiger partial charge is 0.342 e. The zero-order chi connectivity index (χ0) is 17.6. The Morgan fingerprint density at radius 1 is 1.32 bits per heavy atom. The highest BCUT2D eigenvalue weighted by molar-refractivity contribution is 5.89. The van der Waals surface area contributed by atoms with Gasteiger partial charge >= 0.3 is 0 Å². The molecule has 6 heteroatoms. The van der Waals surface area contributed by atoms with Crippen molar-refractivity contribution in [3.05, 3.63) is 30.1 Å². The minimum atomic E-state index is -0.206. The van der Waals surface area contributed by atoms with Gasteiger partial charge < -0.3 is 14.4 Å². The molecule has 2 atom stereocenters. The number of imidazole rings is 1. The molecule has 0 bridgehead atoms. The minimum Gasteiger partial charge on any atom is -0.342 e. The van der Waals surface area contributed by atoms with E-state index in [0.29, 0.717) is 19.5 Å². The van der Waals surface area contributed by atoms with E-state index in [1.165, 1.54) is 0 Å². The highest BCUT2D eigenvalue weighted by Gasteiger charge is 2.40. The second-order valence-electron chi connectivity index (χ2n) is 7.04. The lowest BCUT2D eigenvalue weighted by molar-refractivity contribution is -0.136. The van der Waals surface area contributed by atoms with Gasteiger partial charge in [0.05, 0.1) is 23.0 Å². The summed E-state index contributed by atoms with van der Waals surface area (Å²) in [6.07, 6.45) is 2.26. The van der Waals surface area contributed by atoms with Crippen LogP contribution in [0.2, 0.25) is 0 Å². The minimum absolute atomic E-state index is 0.00989. The molecule has 2 aromatic rings. The van der Waals surface area contributed by atoms with Crippen LogP contribution in [-0.4, -0.2) is 50.8 Å². The van der Waals surface area contributed by atoms with Crippen LogP contribution >= 0.6 is 0 Å². The number of aryl methyl sites for hydroxylation is 1. The lowest BCUT2D eigenvalue weighted by Crippen LogP contribution is -2.37. The van der Waals surface area contributed by atoms with E-state index in [1.807, 2.05) is 37.1 Å². The maximum Gasteiger partial charge on any atom is 0.228 e. The Morgan fingerprint density at radius 3 is 2.84 bits per heavy atom. The van der Waals surface area contributed by atoms with Gasteiger partial charge in [-0.05, 0) is 31.9 Å². The first-order chi connectivity index (χ1) is 12.1. The smallest absolute Gasteiger partial charge is 0.228 e. The summed E-state index contributed by atoms with van der Waals surface area (Å²) in [5, 5.41) is 0. The van der Waals surface area contributed by atoms with Gasteiger partial charge in [0, 0.05) is 33.1 Å². The fourth-order valence-corrected chi connectivity index (χ4v) is 4.24. The molecule has 2 aliphatic heterocycles. The van der Waals surface area contributed by atoms with Crippen LogP contribution in [0.5, 0.6) is 0 Å². The van der Waals surface area contributed by atoms with Crippen LogP contribution in [0.15, 0.2) is 24.3 Å². The monoisotopic (exact) mass is 340 g/mol. The summed E-state index contributed by atoms with van der Waals surface area (Å²) in [5.74, 6) is 0.949. The molecule has 2 fully saturated rings. The molecule has 1 aromatic heterocycles. The van der Waals surface area contributed by atoms with Crippen molar-refractivity contribution in [3.63, 3.8) is 0 Å². The molecular weight excluding hydrogens is 316 g/mol. The first-order valence-electron chi connectivity index (χ1n) is 9.09. The first kappa shape index (κ1) is 16.1. The van der Waals surface area contributed by atoms with Crippen LogP contribution in [-0.2, 0) is 16.6 Å². The van der Waals surface area contributed by atoms with Crippen LogP contribution < -0.4 is 0 Å². The Kier molecular flexibility index (Phi) is 3.98. The number of carbonyl (C=O) groups is 2. The number of para-hydroxylation sites is 2. The highest BCUT2D eigenvalue weighted by Crippen LogP contribution is 2.35. The molecule has 25 heavy (non-hydrogen) atoms. The van der Waals surface area contributed by atoms with E-state index in [-0.39, 0.29) is 23.8 Å². The van der Waals surface area contributed by atoms with Crippen molar-refractivity contribution < 1.29 is 9.59 Å². The number of carbonyl (C=O) groups excluding carboxylic acids is 2. The van der Waals surface area contributed by atoms with Crippen molar-refractivity contribution in [1.29, 1.82) is 0 Å². The molecule has 0 spiro atoms. The zero-order valence-electron chi connectivity index (χ0n) is 14.8. The molecule has 132 valence electrons. The van der Waals surface area contributed by atoms with Crippen molar-refractivity contribution in [1.82, 2.24) is 19.4 Å². The van der Waals surface area contributed by atoms with E-state index < -0.39 is 0 Å². The van der Waals surface area contributed by atoms with E-state index in [0.717, 1.165) is 36.2 Å². The first-order valence-corrected chi connectivity index (χ1v) is 9.09. The van der Waals surface area contributed by atoms with E-state index >= 15 is 0 Å². The predicted octanol–water partition coefficient (Wildman–Crippen LogP) is 2.11. The molecule has 0 saturated carbocycles. The molecule has 2 saturated heterocycles. The Bertz CT molecular complexity index is 828. The number of benzene rings is 1. The Morgan fingerprint density at radius 2 is 2.12 bits per heavy atom. The predicted molar refractivity (Wildman–Crippen MR) is 94.8 cm³/mol. The quantitative estimate of drug-likeness (QED) is 0.860. The van der Waals surface area contributed by atoms with Gasteiger partial charge in [-0.2, -0.15) is 0 Å². The fourth-order valence-electron chi connectivity index (χ4n) is 4.24.